The molecule has 0 saturated heterocycles. The summed E-state index contributed by atoms with van der Waals surface area (Å²) in [4.78, 5) is 24.8. The molecule has 1 atom stereocenters. The van der Waals surface area contributed by atoms with E-state index in [1.165, 1.54) is 0 Å². The van der Waals surface area contributed by atoms with Crippen molar-refractivity contribution in [3.63, 3.8) is 0 Å². The van der Waals surface area contributed by atoms with Crippen molar-refractivity contribution in [1.29, 1.82) is 0 Å². The molecule has 1 amide bonds. The highest BCUT2D eigenvalue weighted by Crippen LogP contribution is 2.35. The van der Waals surface area contributed by atoms with Gasteiger partial charge in [0.1, 0.15) is 6.29 Å². The van der Waals surface area contributed by atoms with Crippen molar-refractivity contribution in [3.8, 4) is 0 Å². The molecule has 1 unspecified atom stereocenters. The highest BCUT2D eigenvalue weighted by atomic mass is 16.2. The average Bonchev–Trinajstić information content (AvgIpc) is 3.15. The fourth-order valence-electron chi connectivity index (χ4n) is 2.61. The van der Waals surface area contributed by atoms with Gasteiger partial charge in [0.15, 0.2) is 0 Å². The predicted molar refractivity (Wildman–Crippen MR) is 68.4 cm³/mol. The van der Waals surface area contributed by atoms with E-state index < -0.39 is 0 Å². The Kier molecular flexibility index (Phi) is 2.69. The summed E-state index contributed by atoms with van der Waals surface area (Å²) in [5.74, 6) is 0.364. The lowest BCUT2D eigenvalue weighted by Crippen LogP contribution is -2.25. The van der Waals surface area contributed by atoms with Crippen LogP contribution in [0.5, 0.6) is 0 Å². The van der Waals surface area contributed by atoms with Crippen LogP contribution in [0.4, 0.5) is 0 Å². The minimum absolute atomic E-state index is 0.174. The number of fused-ring (bicyclic) bond motifs is 1. The van der Waals surface area contributed by atoms with Gasteiger partial charge in [-0.3, -0.25) is 4.79 Å². The van der Waals surface area contributed by atoms with E-state index >= 15 is 0 Å². The lowest BCUT2D eigenvalue weighted by Gasteiger charge is -2.13. The van der Waals surface area contributed by atoms with Crippen LogP contribution in [0.3, 0.4) is 0 Å². The maximum Gasteiger partial charge on any atom is 0.254 e. The van der Waals surface area contributed by atoms with Crippen LogP contribution in [0.2, 0.25) is 0 Å². The van der Waals surface area contributed by atoms with E-state index in [2.05, 4.69) is 6.07 Å². The third kappa shape index (κ3) is 1.84. The highest BCUT2D eigenvalue weighted by Gasteiger charge is 2.38. The molecule has 1 aromatic carbocycles. The van der Waals surface area contributed by atoms with E-state index in [0.717, 1.165) is 42.4 Å². The number of amides is 1. The monoisotopic (exact) mass is 243 g/mol. The molecule has 3 rings (SSSR count). The molecule has 18 heavy (non-hydrogen) atoms. The van der Waals surface area contributed by atoms with Gasteiger partial charge in [-0.25, -0.2) is 0 Å². The van der Waals surface area contributed by atoms with Gasteiger partial charge < -0.3 is 9.69 Å². The normalized spacial score (nSPS) is 19.8. The molecule has 1 saturated carbocycles. The Morgan fingerprint density at radius 2 is 2.22 bits per heavy atom. The number of carbonyl (C=O) groups excluding carboxylic acids is 2. The maximum atomic E-state index is 12.3. The van der Waals surface area contributed by atoms with Crippen LogP contribution in [0.25, 0.3) is 0 Å². The zero-order valence-corrected chi connectivity index (χ0v) is 10.6. The zero-order chi connectivity index (χ0) is 12.7. The number of rotatable bonds is 4. The van der Waals surface area contributed by atoms with E-state index in [1.54, 1.807) is 0 Å². The van der Waals surface area contributed by atoms with Gasteiger partial charge in [-0.2, -0.15) is 0 Å². The van der Waals surface area contributed by atoms with E-state index in [-0.39, 0.29) is 11.8 Å². The molecule has 2 aliphatic rings. The van der Waals surface area contributed by atoms with Crippen molar-refractivity contribution in [2.75, 3.05) is 0 Å². The molecule has 1 aliphatic heterocycles. The van der Waals surface area contributed by atoms with Crippen LogP contribution < -0.4 is 0 Å². The van der Waals surface area contributed by atoms with Crippen molar-refractivity contribution in [2.24, 2.45) is 0 Å². The summed E-state index contributed by atoms with van der Waals surface area (Å²) in [6.45, 7) is 2.79. The van der Waals surface area contributed by atoms with Crippen LogP contribution in [0.1, 0.15) is 53.6 Å². The Bertz CT molecular complexity index is 505. The molecule has 0 aromatic heterocycles. The van der Waals surface area contributed by atoms with Gasteiger partial charge in [-0.15, -0.1) is 0 Å². The number of benzene rings is 1. The topological polar surface area (TPSA) is 37.4 Å². The van der Waals surface area contributed by atoms with Crippen molar-refractivity contribution in [3.05, 3.63) is 34.9 Å². The molecular weight excluding hydrogens is 226 g/mol. The van der Waals surface area contributed by atoms with Crippen molar-refractivity contribution >= 4 is 12.2 Å². The lowest BCUT2D eigenvalue weighted by molar-refractivity contribution is -0.108. The van der Waals surface area contributed by atoms with E-state index in [9.17, 15) is 9.59 Å². The van der Waals surface area contributed by atoms with Crippen molar-refractivity contribution < 1.29 is 9.59 Å². The molecule has 0 N–H and O–H groups in total. The minimum atomic E-state index is 0.174. The Morgan fingerprint density at radius 3 is 2.89 bits per heavy atom. The fraction of sp³-hybridized carbons (Fsp3) is 0.467. The number of hydrogen-bond donors (Lipinski definition) is 0. The Balaban J connectivity index is 1.88. The van der Waals surface area contributed by atoms with Gasteiger partial charge >= 0.3 is 0 Å². The molecule has 0 spiro atoms. The van der Waals surface area contributed by atoms with Gasteiger partial charge in [-0.1, -0.05) is 19.1 Å². The van der Waals surface area contributed by atoms with Crippen LogP contribution in [-0.2, 0) is 11.3 Å². The quantitative estimate of drug-likeness (QED) is 0.762. The number of hydrogen-bond acceptors (Lipinski definition) is 2. The molecule has 1 fully saturated rings. The van der Waals surface area contributed by atoms with Crippen LogP contribution in [-0.4, -0.2) is 23.1 Å². The van der Waals surface area contributed by atoms with Gasteiger partial charge in [0.05, 0.1) is 0 Å². The van der Waals surface area contributed by atoms with Crippen LogP contribution in [0.15, 0.2) is 18.2 Å². The van der Waals surface area contributed by atoms with Crippen LogP contribution >= 0.6 is 0 Å². The second-order valence-electron chi connectivity index (χ2n) is 5.38. The average molecular weight is 243 g/mol. The molecular formula is C15H17NO2. The summed E-state index contributed by atoms with van der Waals surface area (Å²) in [5.41, 5.74) is 3.07. The molecule has 0 bridgehead atoms. The Labute approximate surface area is 107 Å². The molecule has 1 aliphatic carbocycles. The molecule has 1 heterocycles. The van der Waals surface area contributed by atoms with Crippen molar-refractivity contribution in [2.45, 2.75) is 44.7 Å². The minimum Gasteiger partial charge on any atom is -0.331 e. The van der Waals surface area contributed by atoms with Crippen LogP contribution in [0, 0.1) is 0 Å². The van der Waals surface area contributed by atoms with Gasteiger partial charge in [-0.05, 0) is 36.0 Å². The zero-order valence-electron chi connectivity index (χ0n) is 10.6. The first kappa shape index (κ1) is 11.5. The largest absolute Gasteiger partial charge is 0.331 e. The molecule has 3 heteroatoms. The Hall–Kier alpha value is -1.64. The molecule has 3 nitrogen and oxygen atoms in total. The van der Waals surface area contributed by atoms with E-state index in [0.29, 0.717) is 12.5 Å². The summed E-state index contributed by atoms with van der Waals surface area (Å²) in [6, 6.07) is 6.55. The van der Waals surface area contributed by atoms with E-state index in [1.807, 2.05) is 24.0 Å². The first-order valence-corrected chi connectivity index (χ1v) is 6.58. The maximum absolute atomic E-state index is 12.3. The second kappa shape index (κ2) is 4.23. The standard InChI is InChI=1S/C15H17NO2/c1-10(6-7-17)11-2-3-12-9-16(13-4-5-13)15(18)14(12)8-11/h2-3,7-8,10,13H,4-6,9H2,1H3. The summed E-state index contributed by atoms with van der Waals surface area (Å²) >= 11 is 0. The second-order valence-corrected chi connectivity index (χ2v) is 5.38. The highest BCUT2D eigenvalue weighted by molar-refractivity contribution is 5.99. The third-order valence-corrected chi connectivity index (χ3v) is 3.97. The SMILES string of the molecule is CC(CC=O)c1ccc2c(c1)C(=O)N(C1CC1)C2. The molecule has 94 valence electrons. The number of carbonyl (C=O) groups is 2. The predicted octanol–water partition coefficient (Wildman–Crippen LogP) is 2.50. The van der Waals surface area contributed by atoms with Gasteiger partial charge in [0.2, 0.25) is 0 Å². The number of nitrogens with zero attached hydrogens (tertiary/aromatic N) is 1. The summed E-state index contributed by atoms with van der Waals surface area (Å²) in [6.07, 6.45) is 3.75. The van der Waals surface area contributed by atoms with Gasteiger partial charge in [0, 0.05) is 24.6 Å². The molecule has 0 radical (unpaired) electrons. The smallest absolute Gasteiger partial charge is 0.254 e. The van der Waals surface area contributed by atoms with E-state index in [4.69, 9.17) is 0 Å². The summed E-state index contributed by atoms with van der Waals surface area (Å²) in [7, 11) is 0. The fourth-order valence-corrected chi connectivity index (χ4v) is 2.61. The summed E-state index contributed by atoms with van der Waals surface area (Å²) < 4.78 is 0. The number of aldehydes is 1. The van der Waals surface area contributed by atoms with Crippen molar-refractivity contribution in [1.82, 2.24) is 4.90 Å². The third-order valence-electron chi connectivity index (χ3n) is 3.97. The first-order chi connectivity index (χ1) is 8.70. The van der Waals surface area contributed by atoms with Gasteiger partial charge in [0.25, 0.3) is 5.91 Å². The first-order valence-electron chi connectivity index (χ1n) is 6.58. The summed E-state index contributed by atoms with van der Waals surface area (Å²) in [5, 5.41) is 0. The Morgan fingerprint density at radius 1 is 1.44 bits per heavy atom. The lowest BCUT2D eigenvalue weighted by atomic mass is 9.95. The molecule has 1 aromatic rings.